The second-order valence-electron chi connectivity index (χ2n) is 5.24. The second kappa shape index (κ2) is 6.95. The minimum atomic E-state index is 0.0212. The summed E-state index contributed by atoms with van der Waals surface area (Å²) < 4.78 is 0. The maximum atomic E-state index is 12.0. The van der Waals surface area contributed by atoms with Gasteiger partial charge in [-0.25, -0.2) is 0 Å². The zero-order valence-electron chi connectivity index (χ0n) is 11.5. The molecule has 0 bridgehead atoms. The number of carbonyl (C=O) groups is 1. The largest absolute Gasteiger partial charge is 0.352 e. The van der Waals surface area contributed by atoms with Gasteiger partial charge in [0.2, 0.25) is 0 Å². The molecule has 2 nitrogen and oxygen atoms in total. The van der Waals surface area contributed by atoms with Crippen molar-refractivity contribution in [3.8, 4) is 0 Å². The minimum Gasteiger partial charge on any atom is -0.352 e. The Morgan fingerprint density at radius 1 is 1.37 bits per heavy atom. The number of hydrogen-bond acceptors (Lipinski definition) is 1. The summed E-state index contributed by atoms with van der Waals surface area (Å²) >= 11 is 6.44. The molecule has 0 aliphatic carbocycles. The van der Waals surface area contributed by atoms with Gasteiger partial charge in [-0.1, -0.05) is 38.3 Å². The molecule has 0 spiro atoms. The molecule has 0 radical (unpaired) electrons. The summed E-state index contributed by atoms with van der Waals surface area (Å²) in [6, 6.07) is 6.14. The zero-order valence-corrected chi connectivity index (χ0v) is 12.3. The fourth-order valence-electron chi connectivity index (χ4n) is 2.53. The molecule has 19 heavy (non-hydrogen) atoms. The van der Waals surface area contributed by atoms with E-state index in [0.29, 0.717) is 0 Å². The van der Waals surface area contributed by atoms with Crippen LogP contribution in [0.5, 0.6) is 0 Å². The average molecular weight is 280 g/mol. The Labute approximate surface area is 120 Å². The molecule has 1 amide bonds. The first-order valence-corrected chi connectivity index (χ1v) is 7.71. The molecule has 0 fully saturated rings. The summed E-state index contributed by atoms with van der Waals surface area (Å²) in [5, 5.41) is 2.96. The van der Waals surface area contributed by atoms with Crippen molar-refractivity contribution in [3.63, 3.8) is 0 Å². The van der Waals surface area contributed by atoms with Crippen LogP contribution in [-0.4, -0.2) is 12.5 Å². The van der Waals surface area contributed by atoms with E-state index in [2.05, 4.69) is 24.4 Å². The number of aryl methyl sites for hydroxylation is 1. The first kappa shape index (κ1) is 14.4. The van der Waals surface area contributed by atoms with Crippen molar-refractivity contribution in [2.75, 3.05) is 6.54 Å². The van der Waals surface area contributed by atoms with Gasteiger partial charge in [0.05, 0.1) is 5.38 Å². The summed E-state index contributed by atoms with van der Waals surface area (Å²) in [5.41, 5.74) is 3.04. The second-order valence-corrected chi connectivity index (χ2v) is 5.77. The molecule has 1 heterocycles. The maximum Gasteiger partial charge on any atom is 0.251 e. The number of nitrogens with one attached hydrogen (secondary N) is 1. The molecule has 1 N–H and O–H groups in total. The van der Waals surface area contributed by atoms with Crippen LogP contribution in [-0.2, 0) is 6.42 Å². The lowest BCUT2D eigenvalue weighted by molar-refractivity contribution is 0.0956. The number of halogens is 1. The molecule has 0 saturated carbocycles. The summed E-state index contributed by atoms with van der Waals surface area (Å²) in [4.78, 5) is 12.0. The number of carbonyl (C=O) groups excluding carboxylic acids is 1. The lowest BCUT2D eigenvalue weighted by atomic mass is 9.97. The molecule has 0 saturated heterocycles. The normalized spacial score (nSPS) is 16.4. The van der Waals surface area contributed by atoms with Gasteiger partial charge in [0.15, 0.2) is 0 Å². The van der Waals surface area contributed by atoms with Crippen LogP contribution in [0.4, 0.5) is 0 Å². The predicted molar refractivity (Wildman–Crippen MR) is 79.8 cm³/mol. The third-order valence-corrected chi connectivity index (χ3v) is 4.18. The van der Waals surface area contributed by atoms with Gasteiger partial charge in [-0.15, -0.1) is 11.6 Å². The van der Waals surface area contributed by atoms with Crippen molar-refractivity contribution in [2.45, 2.75) is 50.8 Å². The van der Waals surface area contributed by atoms with Gasteiger partial charge >= 0.3 is 0 Å². The van der Waals surface area contributed by atoms with Gasteiger partial charge in [-0.3, -0.25) is 4.79 Å². The summed E-state index contributed by atoms with van der Waals surface area (Å²) in [6.45, 7) is 2.96. The van der Waals surface area contributed by atoms with Crippen LogP contribution < -0.4 is 5.32 Å². The Hall–Kier alpha value is -1.02. The smallest absolute Gasteiger partial charge is 0.251 e. The van der Waals surface area contributed by atoms with E-state index in [0.717, 1.165) is 48.9 Å². The number of amides is 1. The van der Waals surface area contributed by atoms with Gasteiger partial charge in [-0.2, -0.15) is 0 Å². The van der Waals surface area contributed by atoms with E-state index < -0.39 is 0 Å². The Balaban J connectivity index is 2.12. The molecule has 3 heteroatoms. The minimum absolute atomic E-state index is 0.0212. The number of hydrogen-bond donors (Lipinski definition) is 1. The van der Waals surface area contributed by atoms with Gasteiger partial charge in [-0.05, 0) is 36.5 Å². The number of rotatable bonds is 5. The lowest BCUT2D eigenvalue weighted by Crippen LogP contribution is -2.22. The molecule has 2 rings (SSSR count). The molecule has 1 aromatic rings. The fraction of sp³-hybridized carbons (Fsp3) is 0.562. The zero-order chi connectivity index (χ0) is 13.7. The van der Waals surface area contributed by atoms with Crippen molar-refractivity contribution in [3.05, 3.63) is 34.9 Å². The van der Waals surface area contributed by atoms with E-state index in [9.17, 15) is 4.79 Å². The topological polar surface area (TPSA) is 29.1 Å². The van der Waals surface area contributed by atoms with Crippen LogP contribution in [0.15, 0.2) is 18.2 Å². The summed E-state index contributed by atoms with van der Waals surface area (Å²) in [5.74, 6) is 0.0479. The van der Waals surface area contributed by atoms with Crippen LogP contribution in [0.25, 0.3) is 0 Å². The Morgan fingerprint density at radius 3 is 3.00 bits per heavy atom. The first-order valence-electron chi connectivity index (χ1n) is 7.27. The van der Waals surface area contributed by atoms with Gasteiger partial charge < -0.3 is 5.32 Å². The molecule has 1 aromatic carbocycles. The van der Waals surface area contributed by atoms with Crippen molar-refractivity contribution >= 4 is 17.5 Å². The van der Waals surface area contributed by atoms with E-state index in [-0.39, 0.29) is 11.3 Å². The number of fused-ring (bicyclic) bond motifs is 1. The predicted octanol–water partition coefficient (Wildman–Crippen LogP) is 4.22. The van der Waals surface area contributed by atoms with Crippen molar-refractivity contribution in [1.82, 2.24) is 5.32 Å². The molecule has 104 valence electrons. The molecular formula is C16H22ClNO. The fourth-order valence-corrected chi connectivity index (χ4v) is 2.82. The Kier molecular flexibility index (Phi) is 5.26. The number of unbranched alkanes of at least 4 members (excludes halogenated alkanes) is 2. The third-order valence-electron chi connectivity index (χ3n) is 3.71. The quantitative estimate of drug-likeness (QED) is 0.634. The van der Waals surface area contributed by atoms with Crippen LogP contribution in [0.1, 0.15) is 65.9 Å². The molecule has 1 unspecified atom stereocenters. The van der Waals surface area contributed by atoms with E-state index in [1.807, 2.05) is 6.07 Å². The van der Waals surface area contributed by atoms with E-state index >= 15 is 0 Å². The third kappa shape index (κ3) is 3.73. The monoisotopic (exact) mass is 279 g/mol. The molecule has 1 aliphatic heterocycles. The van der Waals surface area contributed by atoms with E-state index in [1.165, 1.54) is 12.8 Å². The highest BCUT2D eigenvalue weighted by molar-refractivity contribution is 6.20. The standard InChI is InChI=1S/C16H22ClNO/c1-2-3-4-7-15(17)13-9-8-12-6-5-10-18-16(19)14(12)11-13/h8-9,11,15H,2-7,10H2,1H3,(H,18,19). The van der Waals surface area contributed by atoms with Gasteiger partial charge in [0, 0.05) is 12.1 Å². The lowest BCUT2D eigenvalue weighted by Gasteiger charge is -2.12. The van der Waals surface area contributed by atoms with E-state index in [4.69, 9.17) is 11.6 Å². The molecule has 1 aliphatic rings. The van der Waals surface area contributed by atoms with Crippen LogP contribution in [0.3, 0.4) is 0 Å². The van der Waals surface area contributed by atoms with Gasteiger partial charge in [0.1, 0.15) is 0 Å². The first-order chi connectivity index (χ1) is 9.22. The summed E-state index contributed by atoms with van der Waals surface area (Å²) in [7, 11) is 0. The average Bonchev–Trinajstić information content (AvgIpc) is 2.61. The van der Waals surface area contributed by atoms with Crippen molar-refractivity contribution < 1.29 is 4.79 Å². The van der Waals surface area contributed by atoms with Gasteiger partial charge in [0.25, 0.3) is 5.91 Å². The van der Waals surface area contributed by atoms with Crippen LogP contribution >= 0.6 is 11.6 Å². The van der Waals surface area contributed by atoms with Crippen LogP contribution in [0, 0.1) is 0 Å². The summed E-state index contributed by atoms with van der Waals surface area (Å²) in [6.07, 6.45) is 6.53. The number of alkyl halides is 1. The number of benzene rings is 1. The highest BCUT2D eigenvalue weighted by atomic mass is 35.5. The van der Waals surface area contributed by atoms with Crippen LogP contribution in [0.2, 0.25) is 0 Å². The van der Waals surface area contributed by atoms with E-state index in [1.54, 1.807) is 0 Å². The molecular weight excluding hydrogens is 258 g/mol. The maximum absolute atomic E-state index is 12.0. The Bertz CT molecular complexity index is 444. The van der Waals surface area contributed by atoms with Crippen molar-refractivity contribution in [1.29, 1.82) is 0 Å². The Morgan fingerprint density at radius 2 is 2.21 bits per heavy atom. The SMILES string of the molecule is CCCCCC(Cl)c1ccc2c(c1)C(=O)NCCC2. The highest BCUT2D eigenvalue weighted by Crippen LogP contribution is 2.29. The molecule has 0 aromatic heterocycles. The van der Waals surface area contributed by atoms with Crippen molar-refractivity contribution in [2.24, 2.45) is 0 Å². The highest BCUT2D eigenvalue weighted by Gasteiger charge is 2.17. The molecule has 1 atom stereocenters.